The molecule has 0 bridgehead atoms. The van der Waals surface area contributed by atoms with Gasteiger partial charge in [-0.2, -0.15) is 0 Å². The minimum atomic E-state index is -0.501. The maximum atomic E-state index is 12.9. The zero-order valence-corrected chi connectivity index (χ0v) is 16.5. The van der Waals surface area contributed by atoms with Crippen molar-refractivity contribution in [2.75, 3.05) is 11.9 Å². The third kappa shape index (κ3) is 3.92. The quantitative estimate of drug-likeness (QED) is 0.726. The van der Waals surface area contributed by atoms with Crippen molar-refractivity contribution >= 4 is 17.5 Å². The van der Waals surface area contributed by atoms with Gasteiger partial charge in [0.1, 0.15) is 17.4 Å². The molecule has 0 saturated carbocycles. The highest BCUT2D eigenvalue weighted by Gasteiger charge is 2.35. The van der Waals surface area contributed by atoms with Crippen molar-refractivity contribution in [3.63, 3.8) is 0 Å². The lowest BCUT2D eigenvalue weighted by molar-refractivity contribution is -0.119. The number of carbonyl (C=O) groups is 2. The largest absolute Gasteiger partial charge is 0.361 e. The van der Waals surface area contributed by atoms with E-state index in [1.54, 1.807) is 11.8 Å². The fourth-order valence-corrected chi connectivity index (χ4v) is 3.77. The van der Waals surface area contributed by atoms with Crippen LogP contribution >= 0.6 is 0 Å². The van der Waals surface area contributed by atoms with Crippen molar-refractivity contribution in [1.82, 2.24) is 10.1 Å². The molecular formula is C23H23N3O3. The molecule has 0 unspecified atom stereocenters. The Bertz CT molecular complexity index is 1060. The molecule has 0 radical (unpaired) electrons. The zero-order valence-electron chi connectivity index (χ0n) is 16.5. The van der Waals surface area contributed by atoms with Crippen LogP contribution in [0.25, 0.3) is 11.1 Å². The Morgan fingerprint density at radius 3 is 2.59 bits per heavy atom. The van der Waals surface area contributed by atoms with E-state index in [0.717, 1.165) is 23.2 Å². The van der Waals surface area contributed by atoms with E-state index in [2.05, 4.69) is 29.5 Å². The van der Waals surface area contributed by atoms with Crippen LogP contribution in [0.4, 0.5) is 5.69 Å². The topological polar surface area (TPSA) is 75.4 Å². The Balaban J connectivity index is 1.51. The Morgan fingerprint density at radius 1 is 1.10 bits per heavy atom. The summed E-state index contributed by atoms with van der Waals surface area (Å²) in [5.74, 6) is 0.0770. The minimum absolute atomic E-state index is 0.175. The molecule has 1 fully saturated rings. The lowest BCUT2D eigenvalue weighted by Gasteiger charge is -2.23. The Morgan fingerprint density at radius 2 is 1.86 bits per heavy atom. The predicted octanol–water partition coefficient (Wildman–Crippen LogP) is 4.20. The van der Waals surface area contributed by atoms with E-state index < -0.39 is 6.04 Å². The molecule has 1 N–H and O–H groups in total. The summed E-state index contributed by atoms with van der Waals surface area (Å²) in [4.78, 5) is 27.4. The maximum absolute atomic E-state index is 12.9. The number of nitrogens with one attached hydrogen (secondary N) is 1. The van der Waals surface area contributed by atoms with Crippen molar-refractivity contribution < 1.29 is 14.1 Å². The smallest absolute Gasteiger partial charge is 0.259 e. The molecule has 2 heterocycles. The van der Waals surface area contributed by atoms with E-state index >= 15 is 0 Å². The third-order valence-electron chi connectivity index (χ3n) is 5.28. The van der Waals surface area contributed by atoms with Crippen LogP contribution in [0.5, 0.6) is 0 Å². The van der Waals surface area contributed by atoms with Crippen LogP contribution in [0.3, 0.4) is 0 Å². The zero-order chi connectivity index (χ0) is 20.4. The van der Waals surface area contributed by atoms with Gasteiger partial charge >= 0.3 is 0 Å². The lowest BCUT2D eigenvalue weighted by Crippen LogP contribution is -2.43. The summed E-state index contributed by atoms with van der Waals surface area (Å²) in [5.41, 5.74) is 4.44. The first kappa shape index (κ1) is 18.9. The van der Waals surface area contributed by atoms with Gasteiger partial charge in [-0.3, -0.25) is 9.59 Å². The van der Waals surface area contributed by atoms with E-state index in [1.165, 1.54) is 11.8 Å². The molecule has 29 heavy (non-hydrogen) atoms. The highest BCUT2D eigenvalue weighted by atomic mass is 16.5. The second-order valence-corrected chi connectivity index (χ2v) is 7.39. The van der Waals surface area contributed by atoms with Gasteiger partial charge in [-0.05, 0) is 49.9 Å². The molecular weight excluding hydrogens is 366 g/mol. The van der Waals surface area contributed by atoms with Crippen molar-refractivity contribution in [2.24, 2.45) is 0 Å². The van der Waals surface area contributed by atoms with Gasteiger partial charge in [0.05, 0.1) is 6.20 Å². The van der Waals surface area contributed by atoms with Crippen molar-refractivity contribution in [1.29, 1.82) is 0 Å². The molecule has 0 aliphatic carbocycles. The van der Waals surface area contributed by atoms with Gasteiger partial charge in [0.15, 0.2) is 0 Å². The molecule has 1 aromatic heterocycles. The fraction of sp³-hybridized carbons (Fsp3) is 0.261. The van der Waals surface area contributed by atoms with Gasteiger partial charge in [-0.25, -0.2) is 0 Å². The number of nitrogens with zero attached hydrogens (tertiary/aromatic N) is 2. The number of hydrogen-bond acceptors (Lipinski definition) is 4. The molecule has 3 aromatic rings. The number of aromatic nitrogens is 1. The molecule has 1 saturated heterocycles. The molecule has 2 aromatic carbocycles. The Labute approximate surface area is 169 Å². The van der Waals surface area contributed by atoms with E-state index in [0.29, 0.717) is 24.3 Å². The lowest BCUT2D eigenvalue weighted by atomic mass is 10.0. The maximum Gasteiger partial charge on any atom is 0.259 e. The molecule has 1 atom stereocenters. The molecule has 148 valence electrons. The van der Waals surface area contributed by atoms with Crippen molar-refractivity contribution in [3.05, 3.63) is 71.6 Å². The highest BCUT2D eigenvalue weighted by Crippen LogP contribution is 2.26. The van der Waals surface area contributed by atoms with Gasteiger partial charge in [-0.15, -0.1) is 0 Å². The molecule has 1 aliphatic rings. The number of amides is 2. The average molecular weight is 389 g/mol. The normalized spacial score (nSPS) is 16.1. The van der Waals surface area contributed by atoms with Crippen molar-refractivity contribution in [3.8, 4) is 11.1 Å². The van der Waals surface area contributed by atoms with E-state index in [9.17, 15) is 9.59 Å². The van der Waals surface area contributed by atoms with Gasteiger partial charge < -0.3 is 14.7 Å². The third-order valence-corrected chi connectivity index (χ3v) is 5.28. The number of hydrogen-bond donors (Lipinski definition) is 1. The second-order valence-electron chi connectivity index (χ2n) is 7.39. The highest BCUT2D eigenvalue weighted by molar-refractivity contribution is 6.02. The molecule has 2 amide bonds. The van der Waals surface area contributed by atoms with Gasteiger partial charge in [0.2, 0.25) is 5.91 Å². The molecule has 6 nitrogen and oxygen atoms in total. The number of benzene rings is 2. The van der Waals surface area contributed by atoms with Crippen molar-refractivity contribution in [2.45, 2.75) is 32.7 Å². The van der Waals surface area contributed by atoms with Crippen LogP contribution in [-0.4, -0.2) is 34.5 Å². The summed E-state index contributed by atoms with van der Waals surface area (Å²) in [7, 11) is 0. The first-order chi connectivity index (χ1) is 14.0. The van der Waals surface area contributed by atoms with E-state index in [-0.39, 0.29) is 11.8 Å². The molecule has 0 spiro atoms. The summed E-state index contributed by atoms with van der Waals surface area (Å²) < 4.78 is 5.00. The van der Waals surface area contributed by atoms with Gasteiger partial charge in [0.25, 0.3) is 5.91 Å². The van der Waals surface area contributed by atoms with Crippen LogP contribution in [0, 0.1) is 13.8 Å². The van der Waals surface area contributed by atoms with E-state index in [1.807, 2.05) is 36.4 Å². The summed E-state index contributed by atoms with van der Waals surface area (Å²) >= 11 is 0. The minimum Gasteiger partial charge on any atom is -0.361 e. The molecule has 4 rings (SSSR count). The monoisotopic (exact) mass is 389 g/mol. The van der Waals surface area contributed by atoms with E-state index in [4.69, 9.17) is 4.52 Å². The standard InChI is InChI=1S/C23H23N3O3/c1-15-6-3-7-17(12-15)18-8-4-9-19(13-18)25-22(27)21-10-5-11-26(21)23(28)20-14-24-29-16(20)2/h3-4,6-9,12-14,21H,5,10-11H2,1-2H3,(H,25,27)/t21-/m0/s1. The fourth-order valence-electron chi connectivity index (χ4n) is 3.77. The predicted molar refractivity (Wildman–Crippen MR) is 111 cm³/mol. The summed E-state index contributed by atoms with van der Waals surface area (Å²) in [6, 6.07) is 15.5. The number of anilines is 1. The first-order valence-electron chi connectivity index (χ1n) is 9.73. The second kappa shape index (κ2) is 7.91. The van der Waals surface area contributed by atoms with Crippen LogP contribution in [0.1, 0.15) is 34.5 Å². The number of likely N-dealkylation sites (tertiary alicyclic amines) is 1. The first-order valence-corrected chi connectivity index (χ1v) is 9.73. The molecule has 6 heteroatoms. The van der Waals surface area contributed by atoms with Crippen LogP contribution in [-0.2, 0) is 4.79 Å². The number of aryl methyl sites for hydroxylation is 2. The SMILES string of the molecule is Cc1cccc(-c2cccc(NC(=O)[C@@H]3CCCN3C(=O)c3cnoc3C)c2)c1. The Kier molecular flexibility index (Phi) is 5.16. The van der Waals surface area contributed by atoms with Gasteiger partial charge in [0, 0.05) is 12.2 Å². The molecule has 1 aliphatic heterocycles. The summed E-state index contributed by atoms with van der Waals surface area (Å²) in [6.45, 7) is 4.30. The van der Waals surface area contributed by atoms with Crippen LogP contribution in [0.2, 0.25) is 0 Å². The average Bonchev–Trinajstić information content (AvgIpc) is 3.37. The number of rotatable bonds is 4. The summed E-state index contributed by atoms with van der Waals surface area (Å²) in [6.07, 6.45) is 2.84. The van der Waals surface area contributed by atoms with Gasteiger partial charge in [-0.1, -0.05) is 47.1 Å². The van der Waals surface area contributed by atoms with Crippen LogP contribution < -0.4 is 5.32 Å². The number of carbonyl (C=O) groups excluding carboxylic acids is 2. The summed E-state index contributed by atoms with van der Waals surface area (Å²) in [5, 5.41) is 6.65. The van der Waals surface area contributed by atoms with Crippen LogP contribution in [0.15, 0.2) is 59.3 Å². The Hall–Kier alpha value is -3.41.